The number of halogens is 2. The first-order valence-electron chi connectivity index (χ1n) is 3.66. The van der Waals surface area contributed by atoms with Crippen LogP contribution in [0, 0.1) is 0 Å². The second-order valence-corrected chi connectivity index (χ2v) is 7.51. The van der Waals surface area contributed by atoms with Crippen LogP contribution in [0.5, 0.6) is 0 Å². The van der Waals surface area contributed by atoms with Crippen molar-refractivity contribution in [3.8, 4) is 0 Å². The SMILES string of the molecule is C=CCCCCC[SiH](Cl)Cl. The summed E-state index contributed by atoms with van der Waals surface area (Å²) >= 11 is 11.3. The van der Waals surface area contributed by atoms with Crippen LogP contribution < -0.4 is 0 Å². The Bertz CT molecular complexity index is 83.7. The minimum absolute atomic E-state index is 1.06. The molecule has 0 aromatic carbocycles. The van der Waals surface area contributed by atoms with Crippen molar-refractivity contribution in [2.75, 3.05) is 0 Å². The highest BCUT2D eigenvalue weighted by Gasteiger charge is 1.99. The fourth-order valence-electron chi connectivity index (χ4n) is 0.764. The molecule has 0 aromatic heterocycles. The van der Waals surface area contributed by atoms with E-state index in [9.17, 15) is 0 Å². The van der Waals surface area contributed by atoms with E-state index in [1.54, 1.807) is 0 Å². The van der Waals surface area contributed by atoms with Crippen LogP contribution in [0.2, 0.25) is 6.04 Å². The second-order valence-electron chi connectivity index (χ2n) is 2.32. The van der Waals surface area contributed by atoms with Crippen LogP contribution in [0.15, 0.2) is 12.7 Å². The maximum Gasteiger partial charge on any atom is 0.237 e. The Morgan fingerprint density at radius 2 is 1.90 bits per heavy atom. The molecule has 0 fully saturated rings. The van der Waals surface area contributed by atoms with E-state index in [0.717, 1.165) is 12.5 Å². The Hall–Kier alpha value is 0.537. The fourth-order valence-corrected chi connectivity index (χ4v) is 2.29. The van der Waals surface area contributed by atoms with Gasteiger partial charge in [0.1, 0.15) is 0 Å². The van der Waals surface area contributed by atoms with Crippen LogP contribution >= 0.6 is 22.2 Å². The molecule has 0 bridgehead atoms. The molecule has 0 nitrogen and oxygen atoms in total. The lowest BCUT2D eigenvalue weighted by atomic mass is 10.2. The van der Waals surface area contributed by atoms with Gasteiger partial charge in [-0.15, -0.1) is 6.58 Å². The molecule has 10 heavy (non-hydrogen) atoms. The molecule has 60 valence electrons. The van der Waals surface area contributed by atoms with Gasteiger partial charge in [0.15, 0.2) is 0 Å². The molecule has 0 aromatic rings. The summed E-state index contributed by atoms with van der Waals surface area (Å²) in [6.07, 6.45) is 6.75. The highest BCUT2D eigenvalue weighted by Crippen LogP contribution is 2.10. The summed E-state index contributed by atoms with van der Waals surface area (Å²) in [4.78, 5) is 0. The lowest BCUT2D eigenvalue weighted by Gasteiger charge is -1.97. The molecule has 0 amide bonds. The maximum atomic E-state index is 5.67. The van der Waals surface area contributed by atoms with Gasteiger partial charge in [-0.1, -0.05) is 18.9 Å². The third-order valence-corrected chi connectivity index (χ3v) is 3.48. The van der Waals surface area contributed by atoms with Crippen molar-refractivity contribution in [3.05, 3.63) is 12.7 Å². The number of hydrogen-bond acceptors (Lipinski definition) is 0. The lowest BCUT2D eigenvalue weighted by molar-refractivity contribution is 0.728. The molecule has 0 aliphatic carbocycles. The van der Waals surface area contributed by atoms with Crippen LogP contribution in [-0.2, 0) is 0 Å². The summed E-state index contributed by atoms with van der Waals surface area (Å²) in [5.74, 6) is 0. The first-order valence-corrected chi connectivity index (χ1v) is 7.97. The summed E-state index contributed by atoms with van der Waals surface area (Å²) < 4.78 is 0. The largest absolute Gasteiger partial charge is 0.237 e. The van der Waals surface area contributed by atoms with Crippen LogP contribution in [-0.4, -0.2) is 7.42 Å². The lowest BCUT2D eigenvalue weighted by Crippen LogP contribution is -1.90. The van der Waals surface area contributed by atoms with Crippen molar-refractivity contribution in [2.45, 2.75) is 31.7 Å². The van der Waals surface area contributed by atoms with E-state index in [4.69, 9.17) is 22.2 Å². The van der Waals surface area contributed by atoms with Crippen LogP contribution in [0.4, 0.5) is 0 Å². The molecule has 0 spiro atoms. The zero-order valence-corrected chi connectivity index (χ0v) is 8.82. The first-order chi connectivity index (χ1) is 4.77. The minimum Gasteiger partial charge on any atom is -0.150 e. The van der Waals surface area contributed by atoms with Gasteiger partial charge in [-0.2, -0.15) is 22.2 Å². The van der Waals surface area contributed by atoms with Crippen LogP contribution in [0.3, 0.4) is 0 Å². The molecule has 0 atom stereocenters. The van der Waals surface area contributed by atoms with E-state index < -0.39 is 7.42 Å². The standard InChI is InChI=1S/C7H14Cl2Si/c1-2-3-4-5-6-7-10(8)9/h2,10H,1,3-7H2. The van der Waals surface area contributed by atoms with Crippen molar-refractivity contribution >= 4 is 29.6 Å². The molecule has 0 saturated carbocycles. The number of unbranched alkanes of at least 4 members (excludes halogenated alkanes) is 3. The van der Waals surface area contributed by atoms with E-state index in [1.807, 2.05) is 6.08 Å². The van der Waals surface area contributed by atoms with Gasteiger partial charge in [0, 0.05) is 0 Å². The number of allylic oxidation sites excluding steroid dienone is 1. The summed E-state index contributed by atoms with van der Waals surface area (Å²) in [6.45, 7) is 3.65. The summed E-state index contributed by atoms with van der Waals surface area (Å²) in [6, 6.07) is 1.06. The zero-order valence-electron chi connectivity index (χ0n) is 6.15. The Morgan fingerprint density at radius 1 is 1.20 bits per heavy atom. The Balaban J connectivity index is 2.83. The third kappa shape index (κ3) is 8.54. The number of rotatable bonds is 6. The van der Waals surface area contributed by atoms with Gasteiger partial charge in [-0.05, 0) is 18.9 Å². The molecule has 0 heterocycles. The number of hydrogen-bond donors (Lipinski definition) is 0. The average Bonchev–Trinajstić information content (AvgIpc) is 1.87. The third-order valence-electron chi connectivity index (χ3n) is 1.33. The molecule has 0 N–H and O–H groups in total. The van der Waals surface area contributed by atoms with E-state index in [-0.39, 0.29) is 0 Å². The maximum absolute atomic E-state index is 5.67. The summed E-state index contributed by atoms with van der Waals surface area (Å²) in [7, 11) is -1.30. The predicted molar refractivity (Wildman–Crippen MR) is 52.3 cm³/mol. The highest BCUT2D eigenvalue weighted by molar-refractivity contribution is 7.33. The Morgan fingerprint density at radius 3 is 2.40 bits per heavy atom. The van der Waals surface area contributed by atoms with Gasteiger partial charge in [-0.25, -0.2) is 0 Å². The van der Waals surface area contributed by atoms with Gasteiger partial charge in [0.05, 0.1) is 0 Å². The Kier molecular flexibility index (Phi) is 8.05. The normalized spacial score (nSPS) is 10.3. The van der Waals surface area contributed by atoms with Crippen LogP contribution in [0.25, 0.3) is 0 Å². The van der Waals surface area contributed by atoms with Crippen molar-refractivity contribution in [1.82, 2.24) is 0 Å². The van der Waals surface area contributed by atoms with Crippen molar-refractivity contribution in [3.63, 3.8) is 0 Å². The smallest absolute Gasteiger partial charge is 0.150 e. The molecule has 0 aliphatic rings. The zero-order chi connectivity index (χ0) is 7.82. The van der Waals surface area contributed by atoms with E-state index in [2.05, 4.69) is 6.58 Å². The molecule has 0 rings (SSSR count). The second kappa shape index (κ2) is 7.64. The quantitative estimate of drug-likeness (QED) is 0.265. The van der Waals surface area contributed by atoms with Gasteiger partial charge in [0.25, 0.3) is 0 Å². The predicted octanol–water partition coefficient (Wildman–Crippen LogP) is 3.43. The topological polar surface area (TPSA) is 0 Å². The molecule has 0 aliphatic heterocycles. The molecule has 0 unspecified atom stereocenters. The molecular formula is C7H14Cl2Si. The van der Waals surface area contributed by atoms with Gasteiger partial charge < -0.3 is 0 Å². The van der Waals surface area contributed by atoms with Crippen molar-refractivity contribution in [2.24, 2.45) is 0 Å². The van der Waals surface area contributed by atoms with Gasteiger partial charge >= 0.3 is 0 Å². The summed E-state index contributed by atoms with van der Waals surface area (Å²) in [5, 5.41) is 0. The average molecular weight is 197 g/mol. The molecule has 3 heteroatoms. The fraction of sp³-hybridized carbons (Fsp3) is 0.714. The van der Waals surface area contributed by atoms with Crippen LogP contribution in [0.1, 0.15) is 25.7 Å². The molecule has 0 saturated heterocycles. The van der Waals surface area contributed by atoms with Crippen molar-refractivity contribution < 1.29 is 0 Å². The monoisotopic (exact) mass is 196 g/mol. The van der Waals surface area contributed by atoms with Gasteiger partial charge in [0.2, 0.25) is 7.42 Å². The van der Waals surface area contributed by atoms with E-state index in [1.165, 1.54) is 19.3 Å². The van der Waals surface area contributed by atoms with Crippen molar-refractivity contribution in [1.29, 1.82) is 0 Å². The summed E-state index contributed by atoms with van der Waals surface area (Å²) in [5.41, 5.74) is 0. The molecule has 0 radical (unpaired) electrons. The highest BCUT2D eigenvalue weighted by atomic mass is 35.7. The Labute approximate surface area is 74.2 Å². The molecular weight excluding hydrogens is 183 g/mol. The van der Waals surface area contributed by atoms with Gasteiger partial charge in [-0.3, -0.25) is 0 Å². The van der Waals surface area contributed by atoms with E-state index in [0.29, 0.717) is 0 Å². The van der Waals surface area contributed by atoms with E-state index >= 15 is 0 Å². The minimum atomic E-state index is -1.30. The first kappa shape index (κ1) is 10.5.